The van der Waals surface area contributed by atoms with Crippen molar-refractivity contribution in [2.45, 2.75) is 25.5 Å². The number of hydrogen-bond donors (Lipinski definition) is 2. The molecule has 112 valence electrons. The Kier molecular flexibility index (Phi) is 3.90. The molecule has 1 fully saturated rings. The van der Waals surface area contributed by atoms with E-state index in [4.69, 9.17) is 5.11 Å². The lowest BCUT2D eigenvalue weighted by atomic mass is 10.0. The Hall–Kier alpha value is -2.48. The van der Waals surface area contributed by atoms with Crippen molar-refractivity contribution in [1.29, 1.82) is 0 Å². The van der Waals surface area contributed by atoms with Crippen LogP contribution in [0.5, 0.6) is 0 Å². The molecule has 1 amide bonds. The minimum Gasteiger partial charge on any atom is -0.480 e. The molecular formula is C13H14N2O6. The van der Waals surface area contributed by atoms with Gasteiger partial charge in [-0.1, -0.05) is 12.1 Å². The molecule has 0 aliphatic carbocycles. The van der Waals surface area contributed by atoms with Gasteiger partial charge in [0, 0.05) is 19.0 Å². The van der Waals surface area contributed by atoms with E-state index in [0.29, 0.717) is 5.56 Å². The monoisotopic (exact) mass is 294 g/mol. The highest BCUT2D eigenvalue weighted by molar-refractivity contribution is 6.01. The Bertz CT molecular complexity index is 615. The van der Waals surface area contributed by atoms with Gasteiger partial charge in [0.1, 0.15) is 11.6 Å². The van der Waals surface area contributed by atoms with Gasteiger partial charge < -0.3 is 15.1 Å². The molecule has 0 unspecified atom stereocenters. The molecule has 0 bridgehead atoms. The summed E-state index contributed by atoms with van der Waals surface area (Å²) in [5, 5.41) is 29.7. The first-order valence-electron chi connectivity index (χ1n) is 6.28. The number of aryl methyl sites for hydroxylation is 1. The van der Waals surface area contributed by atoms with Gasteiger partial charge in [-0.05, 0) is 12.5 Å². The van der Waals surface area contributed by atoms with Crippen LogP contribution in [0.2, 0.25) is 0 Å². The number of aliphatic hydroxyl groups is 1. The van der Waals surface area contributed by atoms with E-state index < -0.39 is 28.9 Å². The minimum atomic E-state index is -1.24. The Morgan fingerprint density at radius 2 is 2.10 bits per heavy atom. The molecule has 1 heterocycles. The van der Waals surface area contributed by atoms with Crippen molar-refractivity contribution in [1.82, 2.24) is 4.90 Å². The van der Waals surface area contributed by atoms with Crippen molar-refractivity contribution in [2.24, 2.45) is 0 Å². The van der Waals surface area contributed by atoms with Crippen LogP contribution < -0.4 is 0 Å². The molecule has 0 saturated carbocycles. The molecule has 8 heteroatoms. The Morgan fingerprint density at radius 3 is 2.67 bits per heavy atom. The molecule has 21 heavy (non-hydrogen) atoms. The van der Waals surface area contributed by atoms with Crippen molar-refractivity contribution in [3.8, 4) is 0 Å². The van der Waals surface area contributed by atoms with Gasteiger partial charge in [-0.2, -0.15) is 0 Å². The third kappa shape index (κ3) is 2.70. The van der Waals surface area contributed by atoms with E-state index in [0.717, 1.165) is 4.90 Å². The number of likely N-dealkylation sites (tertiary alicyclic amines) is 1. The standard InChI is InChI=1S/C13H14N2O6/c1-7-3-2-4-9(15(20)21)11(7)12(17)14-6-8(16)5-10(14)13(18)19/h2-4,8,10,16H,5-6H2,1H3,(H,18,19)/t8-,10-/m0/s1. The second kappa shape index (κ2) is 5.49. The number of rotatable bonds is 3. The number of nitrogens with zero attached hydrogens (tertiary/aromatic N) is 2. The van der Waals surface area contributed by atoms with Gasteiger partial charge >= 0.3 is 5.97 Å². The first-order chi connectivity index (χ1) is 9.82. The molecule has 2 rings (SSSR count). The summed E-state index contributed by atoms with van der Waals surface area (Å²) in [6.45, 7) is 1.39. The van der Waals surface area contributed by atoms with Crippen LogP contribution >= 0.6 is 0 Å². The summed E-state index contributed by atoms with van der Waals surface area (Å²) in [7, 11) is 0. The van der Waals surface area contributed by atoms with Crippen LogP contribution in [0.1, 0.15) is 22.3 Å². The number of aliphatic carboxylic acids is 1. The fourth-order valence-electron chi connectivity index (χ4n) is 2.50. The van der Waals surface area contributed by atoms with Crippen LogP contribution in [-0.4, -0.2) is 50.6 Å². The summed E-state index contributed by atoms with van der Waals surface area (Å²) < 4.78 is 0. The van der Waals surface area contributed by atoms with E-state index in [1.54, 1.807) is 13.0 Å². The quantitative estimate of drug-likeness (QED) is 0.620. The van der Waals surface area contributed by atoms with Crippen LogP contribution in [0.3, 0.4) is 0 Å². The van der Waals surface area contributed by atoms with E-state index in [2.05, 4.69) is 0 Å². The summed E-state index contributed by atoms with van der Waals surface area (Å²) in [5.74, 6) is -1.99. The number of benzene rings is 1. The third-order valence-electron chi connectivity index (χ3n) is 3.49. The van der Waals surface area contributed by atoms with Crippen LogP contribution in [0, 0.1) is 17.0 Å². The Balaban J connectivity index is 2.45. The summed E-state index contributed by atoms with van der Waals surface area (Å²) in [6, 6.07) is 3.02. The molecule has 1 aliphatic heterocycles. The lowest BCUT2D eigenvalue weighted by Crippen LogP contribution is -2.41. The van der Waals surface area contributed by atoms with E-state index >= 15 is 0 Å². The second-order valence-electron chi connectivity index (χ2n) is 4.93. The molecule has 8 nitrogen and oxygen atoms in total. The van der Waals surface area contributed by atoms with Gasteiger partial charge in [0.15, 0.2) is 0 Å². The molecular weight excluding hydrogens is 280 g/mol. The van der Waals surface area contributed by atoms with Crippen molar-refractivity contribution in [3.05, 3.63) is 39.4 Å². The second-order valence-corrected chi connectivity index (χ2v) is 4.93. The van der Waals surface area contributed by atoms with E-state index in [1.807, 2.05) is 0 Å². The maximum Gasteiger partial charge on any atom is 0.326 e. The lowest BCUT2D eigenvalue weighted by molar-refractivity contribution is -0.385. The van der Waals surface area contributed by atoms with E-state index in [9.17, 15) is 24.8 Å². The number of carbonyl (C=O) groups excluding carboxylic acids is 1. The first kappa shape index (κ1) is 14.9. The molecule has 1 aromatic rings. The number of hydrogen-bond acceptors (Lipinski definition) is 5. The molecule has 1 aromatic carbocycles. The average Bonchev–Trinajstić information content (AvgIpc) is 2.80. The maximum atomic E-state index is 12.5. The van der Waals surface area contributed by atoms with E-state index in [1.165, 1.54) is 12.1 Å². The number of carboxylic acid groups (broad SMARTS) is 1. The molecule has 0 radical (unpaired) electrons. The minimum absolute atomic E-state index is 0.0826. The largest absolute Gasteiger partial charge is 0.480 e. The van der Waals surface area contributed by atoms with Gasteiger partial charge in [0.05, 0.1) is 11.0 Å². The topological polar surface area (TPSA) is 121 Å². The van der Waals surface area contributed by atoms with Crippen molar-refractivity contribution >= 4 is 17.6 Å². The summed E-state index contributed by atoms with van der Waals surface area (Å²) in [4.78, 5) is 35.0. The Labute approximate surface area is 119 Å². The smallest absolute Gasteiger partial charge is 0.326 e. The highest BCUT2D eigenvalue weighted by Gasteiger charge is 2.41. The van der Waals surface area contributed by atoms with Gasteiger partial charge in [0.2, 0.25) is 0 Å². The number of β-amino-alcohol motifs (C(OH)–C–C–N with tert-alkyl or cyclic N) is 1. The van der Waals surface area contributed by atoms with Crippen LogP contribution in [0.15, 0.2) is 18.2 Å². The van der Waals surface area contributed by atoms with Gasteiger partial charge in [-0.3, -0.25) is 14.9 Å². The molecule has 2 N–H and O–H groups in total. The molecule has 2 atom stereocenters. The first-order valence-corrected chi connectivity index (χ1v) is 6.28. The van der Waals surface area contributed by atoms with E-state index in [-0.39, 0.29) is 24.2 Å². The number of carbonyl (C=O) groups is 2. The highest BCUT2D eigenvalue weighted by Crippen LogP contribution is 2.27. The van der Waals surface area contributed by atoms with Gasteiger partial charge in [-0.25, -0.2) is 4.79 Å². The number of nitro groups is 1. The normalized spacial score (nSPS) is 21.3. The van der Waals surface area contributed by atoms with Crippen molar-refractivity contribution < 1.29 is 24.7 Å². The van der Waals surface area contributed by atoms with Crippen molar-refractivity contribution in [2.75, 3.05) is 6.54 Å². The maximum absolute atomic E-state index is 12.5. The van der Waals surface area contributed by atoms with Gasteiger partial charge in [-0.15, -0.1) is 0 Å². The summed E-state index contributed by atoms with van der Waals surface area (Å²) in [6.07, 6.45) is -1.03. The van der Waals surface area contributed by atoms with Crippen molar-refractivity contribution in [3.63, 3.8) is 0 Å². The molecule has 0 aromatic heterocycles. The number of amides is 1. The zero-order valence-corrected chi connectivity index (χ0v) is 11.2. The predicted molar refractivity (Wildman–Crippen MR) is 70.9 cm³/mol. The summed E-state index contributed by atoms with van der Waals surface area (Å²) in [5.41, 5.74) is -0.117. The average molecular weight is 294 g/mol. The van der Waals surface area contributed by atoms with Crippen LogP contribution in [-0.2, 0) is 4.79 Å². The summed E-state index contributed by atoms with van der Waals surface area (Å²) >= 11 is 0. The number of carboxylic acids is 1. The SMILES string of the molecule is Cc1cccc([N+](=O)[O-])c1C(=O)N1C[C@@H](O)C[C@H]1C(=O)O. The molecule has 1 aliphatic rings. The number of nitro benzene ring substituents is 1. The fourth-order valence-corrected chi connectivity index (χ4v) is 2.50. The lowest BCUT2D eigenvalue weighted by Gasteiger charge is -2.21. The zero-order chi connectivity index (χ0) is 15.7. The fraction of sp³-hybridized carbons (Fsp3) is 0.385. The molecule has 1 saturated heterocycles. The van der Waals surface area contributed by atoms with Crippen LogP contribution in [0.4, 0.5) is 5.69 Å². The predicted octanol–water partition coefficient (Wildman–Crippen LogP) is 0.563. The number of aliphatic hydroxyl groups excluding tert-OH is 1. The van der Waals surface area contributed by atoms with Gasteiger partial charge in [0.25, 0.3) is 11.6 Å². The Morgan fingerprint density at radius 1 is 1.43 bits per heavy atom. The molecule has 0 spiro atoms. The zero-order valence-electron chi connectivity index (χ0n) is 11.2. The third-order valence-corrected chi connectivity index (χ3v) is 3.49. The highest BCUT2D eigenvalue weighted by atomic mass is 16.6. The van der Waals surface area contributed by atoms with Crippen LogP contribution in [0.25, 0.3) is 0 Å².